The highest BCUT2D eigenvalue weighted by molar-refractivity contribution is 7.89. The van der Waals surface area contributed by atoms with E-state index < -0.39 is 39.6 Å². The number of methoxy groups -OCH3 is 1. The molecule has 1 aliphatic heterocycles. The Bertz CT molecular complexity index is 1040. The summed E-state index contributed by atoms with van der Waals surface area (Å²) in [4.78, 5) is 38.6. The van der Waals surface area contributed by atoms with E-state index in [-0.39, 0.29) is 35.4 Å². The number of nitrogens with one attached hydrogen (secondary N) is 2. The lowest BCUT2D eigenvalue weighted by Gasteiger charge is -2.33. The predicted molar refractivity (Wildman–Crippen MR) is 129 cm³/mol. The van der Waals surface area contributed by atoms with E-state index in [2.05, 4.69) is 10.0 Å². The molecule has 1 saturated heterocycles. The van der Waals surface area contributed by atoms with Gasteiger partial charge in [0.05, 0.1) is 25.3 Å². The first-order valence-electron chi connectivity index (χ1n) is 11.4. The summed E-state index contributed by atoms with van der Waals surface area (Å²) in [7, 11) is -2.90. The average molecular weight is 514 g/mol. The molecular formula is C23H35N3O8S. The van der Waals surface area contributed by atoms with Crippen LogP contribution in [-0.2, 0) is 29.1 Å². The van der Waals surface area contributed by atoms with Crippen molar-refractivity contribution in [3.05, 3.63) is 18.2 Å². The van der Waals surface area contributed by atoms with E-state index in [4.69, 9.17) is 14.2 Å². The van der Waals surface area contributed by atoms with Gasteiger partial charge in [-0.15, -0.1) is 0 Å². The fourth-order valence-corrected chi connectivity index (χ4v) is 4.95. The first-order chi connectivity index (χ1) is 16.3. The maximum atomic E-state index is 13.0. The van der Waals surface area contributed by atoms with Crippen LogP contribution >= 0.6 is 0 Å². The lowest BCUT2D eigenvalue weighted by molar-refractivity contribution is -0.144. The molecule has 2 N–H and O–H groups in total. The van der Waals surface area contributed by atoms with Gasteiger partial charge in [0.25, 0.3) is 0 Å². The second-order valence-electron chi connectivity index (χ2n) is 9.19. The fraction of sp³-hybridized carbons (Fsp3) is 0.609. The van der Waals surface area contributed by atoms with Crippen molar-refractivity contribution in [3.8, 4) is 5.75 Å². The first-order valence-corrected chi connectivity index (χ1v) is 12.9. The summed E-state index contributed by atoms with van der Waals surface area (Å²) in [5.74, 6) is -1.68. The number of nitrogens with zero attached hydrogens (tertiary/aromatic N) is 1. The number of anilines is 1. The third-order valence-electron chi connectivity index (χ3n) is 5.15. The summed E-state index contributed by atoms with van der Waals surface area (Å²) in [6.07, 6.45) is 0.699. The second kappa shape index (κ2) is 11.7. The third-order valence-corrected chi connectivity index (χ3v) is 6.71. The molecule has 1 heterocycles. The van der Waals surface area contributed by atoms with Crippen LogP contribution in [0.5, 0.6) is 5.75 Å². The van der Waals surface area contributed by atoms with Crippen molar-refractivity contribution in [2.45, 2.75) is 64.0 Å². The Morgan fingerprint density at radius 1 is 1.23 bits per heavy atom. The Morgan fingerprint density at radius 3 is 2.51 bits per heavy atom. The molecule has 0 aromatic heterocycles. The van der Waals surface area contributed by atoms with E-state index in [9.17, 15) is 22.8 Å². The van der Waals surface area contributed by atoms with Crippen LogP contribution in [0.25, 0.3) is 0 Å². The van der Waals surface area contributed by atoms with Gasteiger partial charge >= 0.3 is 12.1 Å². The maximum Gasteiger partial charge on any atom is 0.410 e. The zero-order chi connectivity index (χ0) is 26.4. The van der Waals surface area contributed by atoms with Crippen molar-refractivity contribution in [2.24, 2.45) is 5.92 Å². The number of hydrogen-bond donors (Lipinski definition) is 2. The maximum absolute atomic E-state index is 13.0. The zero-order valence-electron chi connectivity index (χ0n) is 21.0. The summed E-state index contributed by atoms with van der Waals surface area (Å²) in [5.41, 5.74) is -0.497. The minimum atomic E-state index is -4.18. The Balaban J connectivity index is 2.19. The summed E-state index contributed by atoms with van der Waals surface area (Å²) in [6, 6.07) is 3.15. The lowest BCUT2D eigenvalue weighted by atomic mass is 9.97. The van der Waals surface area contributed by atoms with Crippen molar-refractivity contribution < 1.29 is 37.0 Å². The quantitative estimate of drug-likeness (QED) is 0.505. The van der Waals surface area contributed by atoms with E-state index in [1.807, 2.05) is 0 Å². The minimum Gasteiger partial charge on any atom is -0.493 e. The smallest absolute Gasteiger partial charge is 0.410 e. The molecule has 35 heavy (non-hydrogen) atoms. The van der Waals surface area contributed by atoms with Crippen LogP contribution in [0.2, 0.25) is 0 Å². The highest BCUT2D eigenvalue weighted by Crippen LogP contribution is 2.33. The molecule has 196 valence electrons. The van der Waals surface area contributed by atoms with Crippen LogP contribution in [0.3, 0.4) is 0 Å². The molecule has 0 aliphatic carbocycles. The Labute approximate surface area is 206 Å². The van der Waals surface area contributed by atoms with Crippen LogP contribution in [0.1, 0.15) is 47.5 Å². The number of piperidine rings is 1. The van der Waals surface area contributed by atoms with Gasteiger partial charge in [0.1, 0.15) is 16.5 Å². The van der Waals surface area contributed by atoms with E-state index in [1.165, 1.54) is 37.1 Å². The topological polar surface area (TPSA) is 140 Å². The number of benzene rings is 1. The van der Waals surface area contributed by atoms with Crippen LogP contribution < -0.4 is 14.8 Å². The zero-order valence-corrected chi connectivity index (χ0v) is 21.9. The van der Waals surface area contributed by atoms with Gasteiger partial charge in [-0.1, -0.05) is 6.07 Å². The molecule has 1 aromatic carbocycles. The monoisotopic (exact) mass is 513 g/mol. The van der Waals surface area contributed by atoms with E-state index >= 15 is 0 Å². The van der Waals surface area contributed by atoms with Crippen molar-refractivity contribution >= 4 is 33.7 Å². The molecule has 0 radical (unpaired) electrons. The van der Waals surface area contributed by atoms with Crippen LogP contribution in [0.15, 0.2) is 23.1 Å². The van der Waals surface area contributed by atoms with Crippen LogP contribution in [-0.4, -0.2) is 69.7 Å². The number of ether oxygens (including phenoxy) is 3. The summed E-state index contributed by atoms with van der Waals surface area (Å²) < 4.78 is 43.7. The summed E-state index contributed by atoms with van der Waals surface area (Å²) >= 11 is 0. The largest absolute Gasteiger partial charge is 0.493 e. The van der Waals surface area contributed by atoms with E-state index in [1.54, 1.807) is 27.7 Å². The molecular weight excluding hydrogens is 478 g/mol. The molecule has 1 fully saturated rings. The highest BCUT2D eigenvalue weighted by atomic mass is 32.2. The number of likely N-dealkylation sites (tertiary alicyclic amines) is 1. The normalized spacial score (nSPS) is 17.3. The predicted octanol–water partition coefficient (Wildman–Crippen LogP) is 2.51. The number of para-hydroxylation sites is 1. The van der Waals surface area contributed by atoms with Gasteiger partial charge in [-0.05, 0) is 59.6 Å². The van der Waals surface area contributed by atoms with Gasteiger partial charge < -0.3 is 24.4 Å². The number of rotatable bonds is 8. The van der Waals surface area contributed by atoms with Crippen LogP contribution in [0, 0.1) is 5.92 Å². The SMILES string of the molecule is CCOC(=O)[C@H](C)NS(=O)(=O)c1cccc(NC(=O)[C@H]2CCCN(C(=O)OC(C)(C)C)C2)c1OC. The number of sulfonamides is 1. The van der Waals surface area contributed by atoms with E-state index in [0.29, 0.717) is 19.4 Å². The number of carbonyl (C=O) groups excluding carboxylic acids is 3. The molecule has 1 aromatic rings. The van der Waals surface area contributed by atoms with Gasteiger partial charge in [0.2, 0.25) is 15.9 Å². The highest BCUT2D eigenvalue weighted by Gasteiger charge is 2.32. The van der Waals surface area contributed by atoms with Gasteiger partial charge in [-0.3, -0.25) is 9.59 Å². The van der Waals surface area contributed by atoms with Crippen molar-refractivity contribution in [3.63, 3.8) is 0 Å². The number of esters is 1. The van der Waals surface area contributed by atoms with Crippen molar-refractivity contribution in [1.82, 2.24) is 9.62 Å². The molecule has 11 nitrogen and oxygen atoms in total. The number of amides is 2. The van der Waals surface area contributed by atoms with Gasteiger partial charge in [-0.25, -0.2) is 13.2 Å². The molecule has 2 amide bonds. The number of hydrogen-bond acceptors (Lipinski definition) is 8. The molecule has 2 rings (SSSR count). The Hall–Kier alpha value is -2.86. The van der Waals surface area contributed by atoms with Gasteiger partial charge in [-0.2, -0.15) is 4.72 Å². The molecule has 0 spiro atoms. The molecule has 2 atom stereocenters. The molecule has 12 heteroatoms. The minimum absolute atomic E-state index is 0.0794. The molecule has 0 bridgehead atoms. The number of carbonyl (C=O) groups is 3. The molecule has 1 aliphatic rings. The summed E-state index contributed by atoms with van der Waals surface area (Å²) in [5, 5.41) is 2.72. The first kappa shape index (κ1) is 28.4. The fourth-order valence-electron chi connectivity index (χ4n) is 3.57. The van der Waals surface area contributed by atoms with Crippen LogP contribution in [0.4, 0.5) is 10.5 Å². The summed E-state index contributed by atoms with van der Waals surface area (Å²) in [6.45, 7) is 9.08. The lowest BCUT2D eigenvalue weighted by Crippen LogP contribution is -2.45. The van der Waals surface area contributed by atoms with E-state index in [0.717, 1.165) is 0 Å². The van der Waals surface area contributed by atoms with Gasteiger partial charge in [0, 0.05) is 13.1 Å². The Kier molecular flexibility index (Phi) is 9.50. The van der Waals surface area contributed by atoms with Crippen molar-refractivity contribution in [2.75, 3.05) is 32.1 Å². The second-order valence-corrected chi connectivity index (χ2v) is 10.9. The third kappa shape index (κ3) is 7.82. The molecule has 0 unspecified atom stereocenters. The average Bonchev–Trinajstić information content (AvgIpc) is 2.77. The molecule has 0 saturated carbocycles. The Morgan fingerprint density at radius 2 is 1.91 bits per heavy atom. The van der Waals surface area contributed by atoms with Gasteiger partial charge in [0.15, 0.2) is 5.75 Å². The van der Waals surface area contributed by atoms with Crippen molar-refractivity contribution in [1.29, 1.82) is 0 Å². The standard InChI is InChI=1S/C23H35N3O8S/c1-7-33-21(28)15(2)25-35(30,31)18-12-8-11-17(19(18)32-6)24-20(27)16-10-9-13-26(14-16)22(29)34-23(3,4)5/h8,11-12,15-16,25H,7,9-10,13-14H2,1-6H3,(H,24,27)/t15-,16-/m0/s1.